The van der Waals surface area contributed by atoms with Crippen LogP contribution in [0.4, 0.5) is 9.59 Å². The van der Waals surface area contributed by atoms with Crippen molar-refractivity contribution >= 4 is 32.5 Å². The van der Waals surface area contributed by atoms with Gasteiger partial charge < -0.3 is 49.9 Å². The molecule has 2 saturated heterocycles. The number of aliphatic hydroxyl groups excluding tert-OH is 2. The number of hydrogen-bond acceptors (Lipinski definition) is 12. The number of aliphatic hydroxyl groups is 2. The summed E-state index contributed by atoms with van der Waals surface area (Å²) >= 11 is 0. The van der Waals surface area contributed by atoms with Gasteiger partial charge in [-0.3, -0.25) is 0 Å². The van der Waals surface area contributed by atoms with Crippen molar-refractivity contribution in [1.82, 2.24) is 9.80 Å². The molecule has 0 bridgehead atoms. The maximum Gasteiger partial charge on any atom is 1.00 e. The van der Waals surface area contributed by atoms with Crippen molar-refractivity contribution in [3.63, 3.8) is 0 Å². The SMILES string of the molecule is CC(C)(C)OC(=O)N1CC2(CC(OC(CO)CO)C2)C1.CCOC(=O)C(OC1CC2(C1)CN(C(=O)OC(C)(C)C)C2)C(=O)OCC.[B].[H-].[Na+]. The zero-order valence-electron chi connectivity index (χ0n) is 31.2. The fraction of sp³-hybridized carbons (Fsp3) is 0.875. The Kier molecular flexibility index (Phi) is 16.7. The maximum atomic E-state index is 12.0. The van der Waals surface area contributed by atoms with Crippen LogP contribution in [0.15, 0.2) is 0 Å². The van der Waals surface area contributed by atoms with E-state index in [2.05, 4.69) is 0 Å². The molecule has 16 heteroatoms. The van der Waals surface area contributed by atoms with Gasteiger partial charge in [-0.2, -0.15) is 0 Å². The van der Waals surface area contributed by atoms with Crippen molar-refractivity contribution < 1.29 is 88.8 Å². The van der Waals surface area contributed by atoms with Crippen molar-refractivity contribution in [2.75, 3.05) is 52.6 Å². The number of rotatable bonds is 10. The van der Waals surface area contributed by atoms with E-state index in [0.29, 0.717) is 39.0 Å². The third-order valence-corrected chi connectivity index (χ3v) is 8.17. The number of nitrogens with zero attached hydrogens (tertiary/aromatic N) is 2. The van der Waals surface area contributed by atoms with E-state index in [1.54, 1.807) is 23.6 Å². The van der Waals surface area contributed by atoms with Gasteiger partial charge in [0.2, 0.25) is 0 Å². The molecule has 2 heterocycles. The molecule has 2 amide bonds. The van der Waals surface area contributed by atoms with Gasteiger partial charge >= 0.3 is 53.7 Å². The summed E-state index contributed by atoms with van der Waals surface area (Å²) in [5.41, 5.74) is -0.815. The first-order valence-corrected chi connectivity index (χ1v) is 16.2. The van der Waals surface area contributed by atoms with Gasteiger partial charge in [-0.25, -0.2) is 19.2 Å². The predicted molar refractivity (Wildman–Crippen MR) is 171 cm³/mol. The Morgan fingerprint density at radius 1 is 0.708 bits per heavy atom. The number of amides is 2. The average Bonchev–Trinajstić information content (AvgIpc) is 2.83. The number of likely N-dealkylation sites (tertiary alicyclic amines) is 2. The van der Waals surface area contributed by atoms with Crippen LogP contribution in [-0.4, -0.2) is 141 Å². The minimum atomic E-state index is -1.35. The Hall–Kier alpha value is -1.62. The number of carbonyl (C=O) groups is 4. The monoisotopic (exact) mass is 693 g/mol. The molecule has 4 rings (SSSR count). The van der Waals surface area contributed by atoms with Crippen LogP contribution in [0.2, 0.25) is 0 Å². The third kappa shape index (κ3) is 12.3. The second kappa shape index (κ2) is 18.0. The molecule has 2 aliphatic carbocycles. The van der Waals surface area contributed by atoms with E-state index >= 15 is 0 Å². The van der Waals surface area contributed by atoms with Crippen LogP contribution in [0.5, 0.6) is 0 Å². The van der Waals surface area contributed by atoms with Crippen LogP contribution in [0.1, 0.15) is 82.5 Å². The first kappa shape index (κ1) is 44.4. The zero-order chi connectivity index (χ0) is 34.5. The molecule has 0 unspecified atom stereocenters. The quantitative estimate of drug-likeness (QED) is 0.129. The molecular formula is C32H55BN2NaO12. The molecule has 48 heavy (non-hydrogen) atoms. The molecule has 2 spiro atoms. The van der Waals surface area contributed by atoms with E-state index in [0.717, 1.165) is 12.8 Å². The molecule has 0 atom stereocenters. The number of ether oxygens (including phenoxy) is 6. The Balaban J connectivity index is 0.000000911. The van der Waals surface area contributed by atoms with Crippen molar-refractivity contribution in [3.8, 4) is 0 Å². The topological polar surface area (TPSA) is 171 Å². The first-order valence-electron chi connectivity index (χ1n) is 16.2. The van der Waals surface area contributed by atoms with Gasteiger partial charge in [0.25, 0.3) is 6.10 Å². The van der Waals surface area contributed by atoms with Crippen molar-refractivity contribution in [2.45, 2.75) is 117 Å². The van der Waals surface area contributed by atoms with Gasteiger partial charge in [0.05, 0.1) is 38.6 Å². The van der Waals surface area contributed by atoms with Crippen molar-refractivity contribution in [2.24, 2.45) is 10.8 Å². The molecule has 0 aromatic rings. The van der Waals surface area contributed by atoms with Gasteiger partial charge in [-0.1, -0.05) is 0 Å². The van der Waals surface area contributed by atoms with E-state index in [9.17, 15) is 19.2 Å². The summed E-state index contributed by atoms with van der Waals surface area (Å²) in [4.78, 5) is 51.1. The molecule has 2 aliphatic heterocycles. The summed E-state index contributed by atoms with van der Waals surface area (Å²) in [7, 11) is 0. The van der Waals surface area contributed by atoms with Crippen LogP contribution in [0.25, 0.3) is 0 Å². The molecule has 4 aliphatic rings. The van der Waals surface area contributed by atoms with E-state index in [4.69, 9.17) is 38.6 Å². The minimum absolute atomic E-state index is 0. The summed E-state index contributed by atoms with van der Waals surface area (Å²) in [5.74, 6) is -1.45. The summed E-state index contributed by atoms with van der Waals surface area (Å²) in [5, 5.41) is 17.9. The minimum Gasteiger partial charge on any atom is -1.00 e. The van der Waals surface area contributed by atoms with Crippen LogP contribution >= 0.6 is 0 Å². The van der Waals surface area contributed by atoms with Gasteiger partial charge in [-0.05, 0) is 81.1 Å². The molecule has 4 fully saturated rings. The summed E-state index contributed by atoms with van der Waals surface area (Å²) < 4.78 is 31.6. The standard InChI is InChI=1S/C18H29NO7.C14H25NO5.B.Na.H/c1-6-23-14(20)13(15(21)24-7-2)25-12-8-18(9-12)10-19(11-18)16(22)26-17(3,4)5;1-13(2,3)20-12(18)15-8-14(9-15)4-10(5-14)19-11(6-16)7-17;;;/h12-13H,6-11H2,1-5H3;10-11,16-17H,4-9H2,1-3H3;;;/q;;;+1;-1. The van der Waals surface area contributed by atoms with Crippen LogP contribution in [-0.2, 0) is 38.0 Å². The molecule has 0 aromatic carbocycles. The molecule has 14 nitrogen and oxygen atoms in total. The van der Waals surface area contributed by atoms with E-state index in [1.807, 2.05) is 41.5 Å². The zero-order valence-corrected chi connectivity index (χ0v) is 32.2. The molecule has 3 radical (unpaired) electrons. The van der Waals surface area contributed by atoms with Gasteiger partial charge in [0.15, 0.2) is 0 Å². The van der Waals surface area contributed by atoms with Crippen LogP contribution in [0, 0.1) is 10.8 Å². The third-order valence-electron chi connectivity index (χ3n) is 8.17. The van der Waals surface area contributed by atoms with Crippen molar-refractivity contribution in [1.29, 1.82) is 0 Å². The van der Waals surface area contributed by atoms with Crippen LogP contribution < -0.4 is 29.6 Å². The van der Waals surface area contributed by atoms with Crippen molar-refractivity contribution in [3.05, 3.63) is 0 Å². The van der Waals surface area contributed by atoms with E-state index in [-0.39, 0.29) is 101 Å². The Morgan fingerprint density at radius 2 is 1.04 bits per heavy atom. The maximum absolute atomic E-state index is 12.0. The van der Waals surface area contributed by atoms with Crippen LogP contribution in [0.3, 0.4) is 0 Å². The Bertz CT molecular complexity index is 1050. The summed E-state index contributed by atoms with van der Waals surface area (Å²) in [6, 6.07) is 0. The van der Waals surface area contributed by atoms with E-state index in [1.165, 1.54) is 0 Å². The van der Waals surface area contributed by atoms with Gasteiger partial charge in [0.1, 0.15) is 17.3 Å². The fourth-order valence-corrected chi connectivity index (χ4v) is 6.21. The Morgan fingerprint density at radius 3 is 1.33 bits per heavy atom. The Labute approximate surface area is 310 Å². The number of hydrogen-bond donors (Lipinski definition) is 2. The molecule has 2 saturated carbocycles. The number of esters is 2. The van der Waals surface area contributed by atoms with E-state index < -0.39 is 35.3 Å². The smallest absolute Gasteiger partial charge is 1.00 e. The predicted octanol–water partition coefficient (Wildman–Crippen LogP) is -0.611. The second-order valence-corrected chi connectivity index (χ2v) is 14.9. The molecule has 2 N–H and O–H groups in total. The molecule has 269 valence electrons. The first-order chi connectivity index (χ1) is 21.4. The normalized spacial score (nSPS) is 20.5. The largest absolute Gasteiger partial charge is 1.00 e. The number of carbonyl (C=O) groups excluding carboxylic acids is 4. The molecule has 0 aromatic heterocycles. The summed E-state index contributed by atoms with van der Waals surface area (Å²) in [6.07, 6.45) is 0.572. The second-order valence-electron chi connectivity index (χ2n) is 14.9. The fourth-order valence-electron chi connectivity index (χ4n) is 6.21. The molecular weight excluding hydrogens is 638 g/mol. The van der Waals surface area contributed by atoms with Gasteiger partial charge in [-0.15, -0.1) is 0 Å². The van der Waals surface area contributed by atoms with Gasteiger partial charge in [0, 0.05) is 45.4 Å². The average molecular weight is 694 g/mol. The summed E-state index contributed by atoms with van der Waals surface area (Å²) in [6.45, 7) is 17.0.